The molecule has 1 heterocycles. The molecule has 0 amide bonds. The summed E-state index contributed by atoms with van der Waals surface area (Å²) >= 11 is 7.80. The van der Waals surface area contributed by atoms with Gasteiger partial charge in [-0.15, -0.1) is 0 Å². The molecule has 94 valence electrons. The second-order valence-corrected chi connectivity index (χ2v) is 6.38. The van der Waals surface area contributed by atoms with Gasteiger partial charge in [0, 0.05) is 12.3 Å². The summed E-state index contributed by atoms with van der Waals surface area (Å²) in [6.07, 6.45) is 0. The topological polar surface area (TPSA) is 48.2 Å². The van der Waals surface area contributed by atoms with Crippen LogP contribution in [-0.2, 0) is 0 Å². The molecular formula is C13H14ClN3S. The number of anilines is 1. The van der Waals surface area contributed by atoms with Crippen molar-refractivity contribution in [2.24, 2.45) is 10.4 Å². The van der Waals surface area contributed by atoms with Crippen LogP contribution in [0, 0.1) is 16.7 Å². The van der Waals surface area contributed by atoms with Crippen molar-refractivity contribution >= 4 is 34.2 Å². The summed E-state index contributed by atoms with van der Waals surface area (Å²) in [6.45, 7) is 5.22. The van der Waals surface area contributed by atoms with E-state index in [1.807, 2.05) is 6.07 Å². The van der Waals surface area contributed by atoms with Crippen LogP contribution in [0.1, 0.15) is 19.4 Å². The fourth-order valence-electron chi connectivity index (χ4n) is 1.52. The summed E-state index contributed by atoms with van der Waals surface area (Å²) in [7, 11) is 0. The second kappa shape index (κ2) is 5.21. The zero-order valence-electron chi connectivity index (χ0n) is 10.3. The van der Waals surface area contributed by atoms with Gasteiger partial charge in [-0.1, -0.05) is 37.2 Å². The molecule has 1 aromatic rings. The van der Waals surface area contributed by atoms with Crippen LogP contribution in [0.15, 0.2) is 23.2 Å². The molecule has 0 unspecified atom stereocenters. The molecule has 0 fully saturated rings. The Morgan fingerprint density at radius 2 is 2.28 bits per heavy atom. The van der Waals surface area contributed by atoms with Gasteiger partial charge in [0.2, 0.25) is 0 Å². The van der Waals surface area contributed by atoms with Crippen LogP contribution in [0.4, 0.5) is 5.69 Å². The van der Waals surface area contributed by atoms with Gasteiger partial charge in [-0.2, -0.15) is 5.26 Å². The number of nitrogens with zero attached hydrogens (tertiary/aromatic N) is 2. The second-order valence-electron chi connectivity index (χ2n) is 5.01. The summed E-state index contributed by atoms with van der Waals surface area (Å²) < 4.78 is 0. The highest BCUT2D eigenvalue weighted by Gasteiger charge is 2.23. The van der Waals surface area contributed by atoms with Gasteiger partial charge >= 0.3 is 0 Å². The van der Waals surface area contributed by atoms with Crippen molar-refractivity contribution in [2.75, 3.05) is 17.6 Å². The van der Waals surface area contributed by atoms with E-state index in [-0.39, 0.29) is 5.41 Å². The highest BCUT2D eigenvalue weighted by molar-refractivity contribution is 8.14. The van der Waals surface area contributed by atoms with Gasteiger partial charge in [0.15, 0.2) is 5.17 Å². The Kier molecular flexibility index (Phi) is 3.84. The number of rotatable bonds is 1. The Labute approximate surface area is 116 Å². The molecule has 0 aromatic heterocycles. The Bertz CT molecular complexity index is 532. The third-order valence-corrected chi connectivity index (χ3v) is 4.33. The minimum Gasteiger partial charge on any atom is -0.334 e. The average molecular weight is 280 g/mol. The molecule has 5 heteroatoms. The minimum atomic E-state index is 0.254. The van der Waals surface area contributed by atoms with Crippen LogP contribution in [0.25, 0.3) is 0 Å². The molecule has 0 bridgehead atoms. The summed E-state index contributed by atoms with van der Waals surface area (Å²) in [5.41, 5.74) is 1.61. The van der Waals surface area contributed by atoms with E-state index in [1.54, 1.807) is 23.9 Å². The van der Waals surface area contributed by atoms with Crippen molar-refractivity contribution < 1.29 is 0 Å². The first-order valence-electron chi connectivity index (χ1n) is 5.64. The third-order valence-electron chi connectivity index (χ3n) is 2.59. The van der Waals surface area contributed by atoms with Crippen molar-refractivity contribution in [2.45, 2.75) is 13.8 Å². The van der Waals surface area contributed by atoms with Crippen LogP contribution < -0.4 is 5.32 Å². The number of nitrogens with one attached hydrogen (secondary N) is 1. The minimum absolute atomic E-state index is 0.254. The average Bonchev–Trinajstić information content (AvgIpc) is 2.34. The van der Waals surface area contributed by atoms with Crippen molar-refractivity contribution in [3.8, 4) is 6.07 Å². The smallest absolute Gasteiger partial charge is 0.161 e. The number of nitriles is 1. The number of hydrogen-bond donors (Lipinski definition) is 1. The quantitative estimate of drug-likeness (QED) is 0.852. The van der Waals surface area contributed by atoms with Gasteiger partial charge in [0.05, 0.1) is 22.3 Å². The van der Waals surface area contributed by atoms with Crippen molar-refractivity contribution in [3.63, 3.8) is 0 Å². The van der Waals surface area contributed by atoms with E-state index in [0.717, 1.165) is 23.2 Å². The van der Waals surface area contributed by atoms with E-state index in [1.165, 1.54) is 0 Å². The van der Waals surface area contributed by atoms with Crippen LogP contribution in [0.2, 0.25) is 5.02 Å². The maximum atomic E-state index is 8.78. The molecule has 1 aromatic carbocycles. The highest BCUT2D eigenvalue weighted by atomic mass is 35.5. The SMILES string of the molecule is CC1(C)CN=C(Nc2ccc(C#N)cc2Cl)SC1. The van der Waals surface area contributed by atoms with Crippen LogP contribution in [-0.4, -0.2) is 17.5 Å². The molecule has 0 saturated carbocycles. The van der Waals surface area contributed by atoms with Gasteiger partial charge in [-0.05, 0) is 23.6 Å². The molecule has 3 nitrogen and oxygen atoms in total. The lowest BCUT2D eigenvalue weighted by Gasteiger charge is -2.27. The van der Waals surface area contributed by atoms with Crippen molar-refractivity contribution in [1.29, 1.82) is 5.26 Å². The van der Waals surface area contributed by atoms with Crippen LogP contribution >= 0.6 is 23.4 Å². The van der Waals surface area contributed by atoms with Gasteiger partial charge < -0.3 is 5.32 Å². The molecule has 0 aliphatic carbocycles. The lowest BCUT2D eigenvalue weighted by molar-refractivity contribution is 0.438. The van der Waals surface area contributed by atoms with Gasteiger partial charge in [-0.25, -0.2) is 0 Å². The van der Waals surface area contributed by atoms with E-state index in [0.29, 0.717) is 10.6 Å². The largest absolute Gasteiger partial charge is 0.334 e. The van der Waals surface area contributed by atoms with E-state index in [2.05, 4.69) is 30.2 Å². The van der Waals surface area contributed by atoms with Crippen molar-refractivity contribution in [3.05, 3.63) is 28.8 Å². The lowest BCUT2D eigenvalue weighted by Crippen LogP contribution is -2.27. The predicted octanol–water partition coefficient (Wildman–Crippen LogP) is 3.75. The maximum Gasteiger partial charge on any atom is 0.161 e. The number of aliphatic imine (C=N–C) groups is 1. The summed E-state index contributed by atoms with van der Waals surface area (Å²) in [4.78, 5) is 4.51. The zero-order chi connectivity index (χ0) is 13.2. The summed E-state index contributed by atoms with van der Waals surface area (Å²) in [5.74, 6) is 1.03. The fraction of sp³-hybridized carbons (Fsp3) is 0.385. The first-order chi connectivity index (χ1) is 8.50. The maximum absolute atomic E-state index is 8.78. The first-order valence-corrected chi connectivity index (χ1v) is 7.00. The number of benzene rings is 1. The van der Waals surface area contributed by atoms with Crippen LogP contribution in [0.5, 0.6) is 0 Å². The predicted molar refractivity (Wildman–Crippen MR) is 78.3 cm³/mol. The molecule has 1 aliphatic heterocycles. The van der Waals surface area contributed by atoms with Gasteiger partial charge in [-0.3, -0.25) is 4.99 Å². The Morgan fingerprint density at radius 3 is 2.83 bits per heavy atom. The fourth-order valence-corrected chi connectivity index (χ4v) is 2.70. The molecular weight excluding hydrogens is 266 g/mol. The zero-order valence-corrected chi connectivity index (χ0v) is 11.9. The van der Waals surface area contributed by atoms with E-state index in [9.17, 15) is 0 Å². The molecule has 0 spiro atoms. The monoisotopic (exact) mass is 279 g/mol. The molecule has 1 aliphatic rings. The Morgan fingerprint density at radius 1 is 1.50 bits per heavy atom. The number of thioether (sulfide) groups is 1. The normalized spacial score (nSPS) is 17.8. The molecule has 18 heavy (non-hydrogen) atoms. The Balaban J connectivity index is 2.12. The molecule has 2 rings (SSSR count). The van der Waals surface area contributed by atoms with Gasteiger partial charge in [0.1, 0.15) is 0 Å². The summed E-state index contributed by atoms with van der Waals surface area (Å²) in [6, 6.07) is 7.27. The Hall–Kier alpha value is -1.18. The molecule has 0 atom stereocenters. The third kappa shape index (κ3) is 3.18. The standard InChI is InChI=1S/C13H14ClN3S/c1-13(2)7-16-12(18-8-13)17-11-4-3-9(6-15)5-10(11)14/h3-5H,7-8H2,1-2H3,(H,16,17). The van der Waals surface area contributed by atoms with E-state index in [4.69, 9.17) is 16.9 Å². The number of hydrogen-bond acceptors (Lipinski definition) is 4. The number of halogens is 1. The lowest BCUT2D eigenvalue weighted by atomic mass is 9.97. The molecule has 0 saturated heterocycles. The molecule has 0 radical (unpaired) electrons. The van der Waals surface area contributed by atoms with E-state index >= 15 is 0 Å². The summed E-state index contributed by atoms with van der Waals surface area (Å²) in [5, 5.41) is 13.4. The van der Waals surface area contributed by atoms with Crippen molar-refractivity contribution in [1.82, 2.24) is 0 Å². The number of amidine groups is 1. The first kappa shape index (κ1) is 13.3. The molecule has 1 N–H and O–H groups in total. The highest BCUT2D eigenvalue weighted by Crippen LogP contribution is 2.30. The van der Waals surface area contributed by atoms with Crippen LogP contribution in [0.3, 0.4) is 0 Å². The van der Waals surface area contributed by atoms with E-state index < -0.39 is 0 Å². The van der Waals surface area contributed by atoms with Gasteiger partial charge in [0.25, 0.3) is 0 Å².